The molecule has 0 heterocycles. The summed E-state index contributed by atoms with van der Waals surface area (Å²) in [4.78, 5) is 13.4. The van der Waals surface area contributed by atoms with Gasteiger partial charge in [-0.15, -0.1) is 0 Å². The molecule has 0 radical (unpaired) electrons. The van der Waals surface area contributed by atoms with E-state index in [1.54, 1.807) is 11.9 Å². The second kappa shape index (κ2) is 8.93. The van der Waals surface area contributed by atoms with Crippen molar-refractivity contribution in [1.82, 2.24) is 10.2 Å². The Kier molecular flexibility index (Phi) is 7.52. The van der Waals surface area contributed by atoms with Crippen LogP contribution in [-0.2, 0) is 4.79 Å². The Balaban J connectivity index is 2.20. The van der Waals surface area contributed by atoms with Gasteiger partial charge >= 0.3 is 0 Å². The minimum absolute atomic E-state index is 0.139. The molecular weight excluding hydrogens is 308 g/mol. The first kappa shape index (κ1) is 16.0. The van der Waals surface area contributed by atoms with E-state index in [9.17, 15) is 4.79 Å². The molecule has 0 saturated heterocycles. The van der Waals surface area contributed by atoms with E-state index in [1.807, 2.05) is 31.2 Å². The lowest BCUT2D eigenvalue weighted by Gasteiger charge is -2.17. The number of carbonyl (C=O) groups excluding carboxylic acids is 1. The molecule has 0 fully saturated rings. The fourth-order valence-electron chi connectivity index (χ4n) is 1.52. The summed E-state index contributed by atoms with van der Waals surface area (Å²) in [6, 6.07) is 7.66. The monoisotopic (exact) mass is 328 g/mol. The van der Waals surface area contributed by atoms with Crippen molar-refractivity contribution in [3.05, 3.63) is 28.7 Å². The standard InChI is InChI=1S/C14H21BrN2O2/c1-3-16-9-8-14(18)17(2)10-11-19-13-6-4-12(15)5-7-13/h4-7,16H,3,8-11H2,1-2H3. The predicted octanol–water partition coefficient (Wildman–Crippen LogP) is 2.29. The lowest BCUT2D eigenvalue weighted by atomic mass is 10.3. The second-order valence-corrected chi connectivity index (χ2v) is 5.14. The van der Waals surface area contributed by atoms with Crippen LogP contribution in [0.25, 0.3) is 0 Å². The largest absolute Gasteiger partial charge is 0.492 e. The van der Waals surface area contributed by atoms with Crippen molar-refractivity contribution in [2.24, 2.45) is 0 Å². The van der Waals surface area contributed by atoms with Crippen LogP contribution < -0.4 is 10.1 Å². The van der Waals surface area contributed by atoms with Crippen molar-refractivity contribution in [3.63, 3.8) is 0 Å². The van der Waals surface area contributed by atoms with E-state index in [4.69, 9.17) is 4.74 Å². The summed E-state index contributed by atoms with van der Waals surface area (Å²) in [5.41, 5.74) is 0. The van der Waals surface area contributed by atoms with E-state index in [-0.39, 0.29) is 5.91 Å². The summed E-state index contributed by atoms with van der Waals surface area (Å²) in [5, 5.41) is 3.14. The van der Waals surface area contributed by atoms with Gasteiger partial charge in [-0.05, 0) is 30.8 Å². The fraction of sp³-hybridized carbons (Fsp3) is 0.500. The maximum absolute atomic E-state index is 11.7. The van der Waals surface area contributed by atoms with Gasteiger partial charge in [0.2, 0.25) is 5.91 Å². The second-order valence-electron chi connectivity index (χ2n) is 4.22. The van der Waals surface area contributed by atoms with Crippen LogP contribution in [0.5, 0.6) is 5.75 Å². The molecule has 0 unspecified atom stereocenters. The Labute approximate surface area is 123 Å². The maximum atomic E-state index is 11.7. The summed E-state index contributed by atoms with van der Waals surface area (Å²) in [6.07, 6.45) is 0.530. The van der Waals surface area contributed by atoms with Gasteiger partial charge in [-0.1, -0.05) is 22.9 Å². The molecule has 0 aliphatic heterocycles. The number of nitrogens with one attached hydrogen (secondary N) is 1. The molecule has 5 heteroatoms. The van der Waals surface area contributed by atoms with Crippen LogP contribution in [0.3, 0.4) is 0 Å². The highest BCUT2D eigenvalue weighted by molar-refractivity contribution is 9.10. The molecule has 19 heavy (non-hydrogen) atoms. The summed E-state index contributed by atoms with van der Waals surface area (Å²) < 4.78 is 6.60. The number of rotatable bonds is 8. The van der Waals surface area contributed by atoms with Gasteiger partial charge in [0, 0.05) is 24.5 Å². The molecule has 0 aromatic heterocycles. The van der Waals surface area contributed by atoms with Crippen LogP contribution in [0.1, 0.15) is 13.3 Å². The minimum Gasteiger partial charge on any atom is -0.492 e. The molecule has 0 atom stereocenters. The lowest BCUT2D eigenvalue weighted by Crippen LogP contribution is -2.33. The lowest BCUT2D eigenvalue weighted by molar-refractivity contribution is -0.130. The molecule has 1 aromatic carbocycles. The number of likely N-dealkylation sites (N-methyl/N-ethyl adjacent to an activating group) is 1. The molecule has 0 bridgehead atoms. The Bertz CT molecular complexity index is 382. The molecule has 0 spiro atoms. The Morgan fingerprint density at radius 3 is 2.68 bits per heavy atom. The summed E-state index contributed by atoms with van der Waals surface area (Å²) >= 11 is 3.37. The van der Waals surface area contributed by atoms with Crippen molar-refractivity contribution < 1.29 is 9.53 Å². The van der Waals surface area contributed by atoms with Crippen molar-refractivity contribution >= 4 is 21.8 Å². The van der Waals surface area contributed by atoms with Crippen LogP contribution in [0, 0.1) is 0 Å². The number of hydrogen-bond acceptors (Lipinski definition) is 3. The molecule has 1 N–H and O–H groups in total. The molecule has 1 amide bonds. The number of nitrogens with zero attached hydrogens (tertiary/aromatic N) is 1. The van der Waals surface area contributed by atoms with Crippen LogP contribution in [-0.4, -0.2) is 44.1 Å². The normalized spacial score (nSPS) is 10.3. The number of benzene rings is 1. The van der Waals surface area contributed by atoms with E-state index in [2.05, 4.69) is 21.2 Å². The van der Waals surface area contributed by atoms with E-state index >= 15 is 0 Å². The van der Waals surface area contributed by atoms with Gasteiger partial charge < -0.3 is 15.0 Å². The Hall–Kier alpha value is -1.07. The summed E-state index contributed by atoms with van der Waals surface area (Å²) in [7, 11) is 1.80. The topological polar surface area (TPSA) is 41.6 Å². The SMILES string of the molecule is CCNCCC(=O)N(C)CCOc1ccc(Br)cc1. The highest BCUT2D eigenvalue weighted by Gasteiger charge is 2.07. The first-order valence-electron chi connectivity index (χ1n) is 6.46. The Morgan fingerprint density at radius 1 is 1.37 bits per heavy atom. The van der Waals surface area contributed by atoms with Gasteiger partial charge in [0.25, 0.3) is 0 Å². The smallest absolute Gasteiger partial charge is 0.223 e. The molecule has 106 valence electrons. The van der Waals surface area contributed by atoms with Crippen LogP contribution in [0.15, 0.2) is 28.7 Å². The van der Waals surface area contributed by atoms with Crippen LogP contribution in [0.4, 0.5) is 0 Å². The summed E-state index contributed by atoms with van der Waals surface area (Å²) in [5.74, 6) is 0.956. The average molecular weight is 329 g/mol. The zero-order valence-electron chi connectivity index (χ0n) is 11.5. The van der Waals surface area contributed by atoms with Crippen LogP contribution in [0.2, 0.25) is 0 Å². The number of hydrogen-bond donors (Lipinski definition) is 1. The third-order valence-corrected chi connectivity index (χ3v) is 3.23. The first-order chi connectivity index (χ1) is 9.13. The third-order valence-electron chi connectivity index (χ3n) is 2.70. The van der Waals surface area contributed by atoms with Crippen molar-refractivity contribution in [1.29, 1.82) is 0 Å². The van der Waals surface area contributed by atoms with Gasteiger partial charge in [0.05, 0.1) is 6.54 Å². The minimum atomic E-state index is 0.139. The molecular formula is C14H21BrN2O2. The molecule has 1 aromatic rings. The van der Waals surface area contributed by atoms with Gasteiger partial charge in [0.15, 0.2) is 0 Å². The number of halogens is 1. The quantitative estimate of drug-likeness (QED) is 0.744. The van der Waals surface area contributed by atoms with Crippen molar-refractivity contribution in [3.8, 4) is 5.75 Å². The molecule has 0 aliphatic rings. The number of ether oxygens (including phenoxy) is 1. The van der Waals surface area contributed by atoms with E-state index in [0.29, 0.717) is 19.6 Å². The predicted molar refractivity (Wildman–Crippen MR) is 80.4 cm³/mol. The molecule has 0 aliphatic carbocycles. The third kappa shape index (κ3) is 6.59. The van der Waals surface area contributed by atoms with Gasteiger partial charge in [0.1, 0.15) is 12.4 Å². The zero-order chi connectivity index (χ0) is 14.1. The van der Waals surface area contributed by atoms with Gasteiger partial charge in [-0.2, -0.15) is 0 Å². The molecule has 1 rings (SSSR count). The van der Waals surface area contributed by atoms with E-state index in [0.717, 1.165) is 23.3 Å². The maximum Gasteiger partial charge on any atom is 0.223 e. The van der Waals surface area contributed by atoms with E-state index < -0.39 is 0 Å². The number of carbonyl (C=O) groups is 1. The zero-order valence-corrected chi connectivity index (χ0v) is 13.1. The average Bonchev–Trinajstić information content (AvgIpc) is 2.41. The molecule has 0 saturated carbocycles. The number of amides is 1. The highest BCUT2D eigenvalue weighted by Crippen LogP contribution is 2.15. The molecule has 4 nitrogen and oxygen atoms in total. The Morgan fingerprint density at radius 2 is 2.05 bits per heavy atom. The van der Waals surface area contributed by atoms with Gasteiger partial charge in [-0.25, -0.2) is 0 Å². The van der Waals surface area contributed by atoms with Crippen LogP contribution >= 0.6 is 15.9 Å². The highest BCUT2D eigenvalue weighted by atomic mass is 79.9. The fourth-order valence-corrected chi connectivity index (χ4v) is 1.78. The summed E-state index contributed by atoms with van der Waals surface area (Å²) in [6.45, 7) is 4.75. The first-order valence-corrected chi connectivity index (χ1v) is 7.26. The van der Waals surface area contributed by atoms with E-state index in [1.165, 1.54) is 0 Å². The van der Waals surface area contributed by atoms with Gasteiger partial charge in [-0.3, -0.25) is 4.79 Å². The van der Waals surface area contributed by atoms with Crippen molar-refractivity contribution in [2.45, 2.75) is 13.3 Å². The van der Waals surface area contributed by atoms with Crippen molar-refractivity contribution in [2.75, 3.05) is 33.3 Å².